The van der Waals surface area contributed by atoms with Gasteiger partial charge in [-0.05, 0) is 6.07 Å². The molecule has 3 nitrogen and oxygen atoms in total. The number of rotatable bonds is 5. The second-order valence-corrected chi connectivity index (χ2v) is 4.51. The summed E-state index contributed by atoms with van der Waals surface area (Å²) in [5.74, 6) is -1.61. The smallest absolute Gasteiger partial charge is 0.163 e. The Balaban J connectivity index is 1.90. The highest BCUT2D eigenvalue weighted by molar-refractivity contribution is 5.18. The maximum Gasteiger partial charge on any atom is 0.163 e. The first-order valence-electron chi connectivity index (χ1n) is 5.93. The van der Waals surface area contributed by atoms with E-state index in [9.17, 15) is 8.78 Å². The summed E-state index contributed by atoms with van der Waals surface area (Å²) in [6.45, 7) is 2.03. The van der Waals surface area contributed by atoms with Crippen molar-refractivity contribution in [2.75, 3.05) is 26.9 Å². The molecule has 2 rings (SSSR count). The summed E-state index contributed by atoms with van der Waals surface area (Å²) < 4.78 is 37.1. The summed E-state index contributed by atoms with van der Waals surface area (Å²) in [6, 6.07) is 4.18. The lowest BCUT2D eigenvalue weighted by Crippen LogP contribution is -2.42. The van der Waals surface area contributed by atoms with E-state index in [-0.39, 0.29) is 12.1 Å². The molecular formula is C13H17F2NO2. The van der Waals surface area contributed by atoms with Gasteiger partial charge in [0.1, 0.15) is 5.60 Å². The molecular weight excluding hydrogens is 240 g/mol. The quantitative estimate of drug-likeness (QED) is 0.873. The average molecular weight is 257 g/mol. The topological polar surface area (TPSA) is 30.5 Å². The highest BCUT2D eigenvalue weighted by Crippen LogP contribution is 2.21. The Hall–Kier alpha value is -1.04. The standard InChI is InChI=1S/C13H17F2NO2/c1-17-13(5-6-18-9-13)8-16-7-10-3-2-4-11(14)12(10)15/h2-4,16H,5-9H2,1H3. The summed E-state index contributed by atoms with van der Waals surface area (Å²) in [7, 11) is 1.64. The van der Waals surface area contributed by atoms with Crippen molar-refractivity contribution in [3.05, 3.63) is 35.4 Å². The predicted octanol–water partition coefficient (Wildman–Crippen LogP) is 1.86. The minimum absolute atomic E-state index is 0.273. The lowest BCUT2D eigenvalue weighted by Gasteiger charge is -2.26. The molecule has 0 saturated carbocycles. The molecule has 0 aliphatic carbocycles. The molecule has 100 valence electrons. The molecule has 1 unspecified atom stereocenters. The third kappa shape index (κ3) is 2.85. The van der Waals surface area contributed by atoms with Crippen LogP contribution in [0.4, 0.5) is 8.78 Å². The third-order valence-corrected chi connectivity index (χ3v) is 3.29. The van der Waals surface area contributed by atoms with Crippen LogP contribution in [0.2, 0.25) is 0 Å². The van der Waals surface area contributed by atoms with E-state index in [1.807, 2.05) is 0 Å². The first kappa shape index (κ1) is 13.4. The Bertz CT molecular complexity index is 406. The molecule has 0 radical (unpaired) electrons. The largest absolute Gasteiger partial charge is 0.378 e. The molecule has 0 bridgehead atoms. The number of hydrogen-bond acceptors (Lipinski definition) is 3. The number of nitrogens with one attached hydrogen (secondary N) is 1. The molecule has 1 atom stereocenters. The second-order valence-electron chi connectivity index (χ2n) is 4.51. The molecule has 0 amide bonds. The number of benzene rings is 1. The van der Waals surface area contributed by atoms with Gasteiger partial charge in [-0.3, -0.25) is 0 Å². The molecule has 1 saturated heterocycles. The van der Waals surface area contributed by atoms with E-state index in [1.54, 1.807) is 13.2 Å². The molecule has 0 spiro atoms. The molecule has 1 heterocycles. The van der Waals surface area contributed by atoms with E-state index in [4.69, 9.17) is 9.47 Å². The van der Waals surface area contributed by atoms with Crippen molar-refractivity contribution in [3.8, 4) is 0 Å². The van der Waals surface area contributed by atoms with Crippen molar-refractivity contribution in [1.29, 1.82) is 0 Å². The first-order chi connectivity index (χ1) is 8.67. The zero-order chi connectivity index (χ0) is 13.0. The second kappa shape index (κ2) is 5.73. The van der Waals surface area contributed by atoms with Crippen molar-refractivity contribution in [2.24, 2.45) is 0 Å². The molecule has 18 heavy (non-hydrogen) atoms. The van der Waals surface area contributed by atoms with E-state index in [2.05, 4.69) is 5.32 Å². The normalized spacial score (nSPS) is 23.5. The maximum absolute atomic E-state index is 13.4. The molecule has 1 aromatic rings. The van der Waals surface area contributed by atoms with Crippen LogP contribution >= 0.6 is 0 Å². The van der Waals surface area contributed by atoms with Gasteiger partial charge in [-0.15, -0.1) is 0 Å². The van der Waals surface area contributed by atoms with Gasteiger partial charge in [0.2, 0.25) is 0 Å². The average Bonchev–Trinajstić information content (AvgIpc) is 2.84. The van der Waals surface area contributed by atoms with E-state index < -0.39 is 11.6 Å². The van der Waals surface area contributed by atoms with Crippen molar-refractivity contribution >= 4 is 0 Å². The van der Waals surface area contributed by atoms with E-state index in [1.165, 1.54) is 6.07 Å². The Kier molecular flexibility index (Phi) is 4.27. The summed E-state index contributed by atoms with van der Waals surface area (Å²) in [5, 5.41) is 3.09. The van der Waals surface area contributed by atoms with Crippen LogP contribution in [0.25, 0.3) is 0 Å². The lowest BCUT2D eigenvalue weighted by atomic mass is 10.0. The number of ether oxygens (including phenoxy) is 2. The Morgan fingerprint density at radius 3 is 2.94 bits per heavy atom. The van der Waals surface area contributed by atoms with Gasteiger partial charge in [-0.2, -0.15) is 0 Å². The molecule has 0 aromatic heterocycles. The molecule has 1 aliphatic heterocycles. The Morgan fingerprint density at radius 2 is 2.28 bits per heavy atom. The van der Waals surface area contributed by atoms with Crippen LogP contribution in [0.3, 0.4) is 0 Å². The van der Waals surface area contributed by atoms with Crippen LogP contribution in [0.15, 0.2) is 18.2 Å². The number of halogens is 2. The van der Waals surface area contributed by atoms with E-state index in [0.29, 0.717) is 25.3 Å². The van der Waals surface area contributed by atoms with Gasteiger partial charge in [0, 0.05) is 38.8 Å². The number of hydrogen-bond donors (Lipinski definition) is 1. The SMILES string of the molecule is COC1(CNCc2cccc(F)c2F)CCOC1. The first-order valence-corrected chi connectivity index (χ1v) is 5.93. The Morgan fingerprint density at radius 1 is 1.44 bits per heavy atom. The van der Waals surface area contributed by atoms with Crippen molar-refractivity contribution < 1.29 is 18.3 Å². The van der Waals surface area contributed by atoms with Crippen LogP contribution in [-0.4, -0.2) is 32.5 Å². The summed E-state index contributed by atoms with van der Waals surface area (Å²) in [4.78, 5) is 0. The maximum atomic E-state index is 13.4. The fraction of sp³-hybridized carbons (Fsp3) is 0.538. The lowest BCUT2D eigenvalue weighted by molar-refractivity contribution is -0.0159. The number of methoxy groups -OCH3 is 1. The minimum atomic E-state index is -0.819. The minimum Gasteiger partial charge on any atom is -0.378 e. The Labute approximate surface area is 105 Å². The zero-order valence-corrected chi connectivity index (χ0v) is 10.3. The van der Waals surface area contributed by atoms with Gasteiger partial charge in [-0.25, -0.2) is 8.78 Å². The van der Waals surface area contributed by atoms with Crippen LogP contribution < -0.4 is 5.32 Å². The van der Waals surface area contributed by atoms with Gasteiger partial charge >= 0.3 is 0 Å². The van der Waals surface area contributed by atoms with Crippen molar-refractivity contribution in [1.82, 2.24) is 5.32 Å². The highest BCUT2D eigenvalue weighted by atomic mass is 19.2. The van der Waals surface area contributed by atoms with Gasteiger partial charge in [-0.1, -0.05) is 12.1 Å². The van der Waals surface area contributed by atoms with E-state index in [0.717, 1.165) is 12.5 Å². The molecule has 1 aromatic carbocycles. The van der Waals surface area contributed by atoms with Gasteiger partial charge in [0.15, 0.2) is 11.6 Å². The predicted molar refractivity (Wildman–Crippen MR) is 63.2 cm³/mol. The summed E-state index contributed by atoms with van der Waals surface area (Å²) in [5.41, 5.74) is -0.0239. The highest BCUT2D eigenvalue weighted by Gasteiger charge is 2.34. The summed E-state index contributed by atoms with van der Waals surface area (Å²) in [6.07, 6.45) is 0.808. The van der Waals surface area contributed by atoms with Crippen LogP contribution in [0.5, 0.6) is 0 Å². The van der Waals surface area contributed by atoms with Gasteiger partial charge < -0.3 is 14.8 Å². The monoisotopic (exact) mass is 257 g/mol. The van der Waals surface area contributed by atoms with E-state index >= 15 is 0 Å². The summed E-state index contributed by atoms with van der Waals surface area (Å²) >= 11 is 0. The molecule has 1 aliphatic rings. The van der Waals surface area contributed by atoms with Crippen molar-refractivity contribution in [2.45, 2.75) is 18.6 Å². The van der Waals surface area contributed by atoms with Crippen molar-refractivity contribution in [3.63, 3.8) is 0 Å². The van der Waals surface area contributed by atoms with Gasteiger partial charge in [0.25, 0.3) is 0 Å². The molecule has 1 N–H and O–H groups in total. The fourth-order valence-electron chi connectivity index (χ4n) is 2.07. The fourth-order valence-corrected chi connectivity index (χ4v) is 2.07. The molecule has 1 fully saturated rings. The van der Waals surface area contributed by atoms with Gasteiger partial charge in [0.05, 0.1) is 6.61 Å². The van der Waals surface area contributed by atoms with Crippen LogP contribution in [0.1, 0.15) is 12.0 Å². The zero-order valence-electron chi connectivity index (χ0n) is 10.3. The van der Waals surface area contributed by atoms with Crippen LogP contribution in [0, 0.1) is 11.6 Å². The third-order valence-electron chi connectivity index (χ3n) is 3.29. The van der Waals surface area contributed by atoms with Crippen LogP contribution in [-0.2, 0) is 16.0 Å². The molecule has 5 heteroatoms.